The van der Waals surface area contributed by atoms with Gasteiger partial charge in [-0.25, -0.2) is 8.78 Å². The van der Waals surface area contributed by atoms with Crippen molar-refractivity contribution in [3.05, 3.63) is 65.7 Å². The van der Waals surface area contributed by atoms with Crippen LogP contribution in [0.5, 0.6) is 0 Å². The summed E-state index contributed by atoms with van der Waals surface area (Å²) in [7, 11) is 0. The lowest BCUT2D eigenvalue weighted by Crippen LogP contribution is -2.20. The summed E-state index contributed by atoms with van der Waals surface area (Å²) in [5.41, 5.74) is 1.67. The van der Waals surface area contributed by atoms with Gasteiger partial charge in [0.1, 0.15) is 11.5 Å². The number of benzene rings is 2. The number of amides is 1. The van der Waals surface area contributed by atoms with Gasteiger partial charge in [-0.3, -0.25) is 4.79 Å². The molecule has 1 aliphatic heterocycles. The van der Waals surface area contributed by atoms with E-state index in [4.69, 9.17) is 0 Å². The summed E-state index contributed by atoms with van der Waals surface area (Å²) in [5.74, 6) is -1.80. The van der Waals surface area contributed by atoms with Crippen molar-refractivity contribution in [2.45, 2.75) is 12.8 Å². The number of carbonyl (C=O) groups excluding carboxylic acids is 1. The first-order valence-electron chi connectivity index (χ1n) is 6.52. The largest absolute Gasteiger partial charge is 0.272 e. The van der Waals surface area contributed by atoms with E-state index in [1.807, 2.05) is 30.3 Å². The third-order valence-corrected chi connectivity index (χ3v) is 3.22. The van der Waals surface area contributed by atoms with Crippen molar-refractivity contribution in [3.63, 3.8) is 0 Å². The standard InChI is InChI=1S/C16H12F2N2O/c17-12-6-7-15(14(18)9-12)20-16(21)10-13(19-20)8-11-4-2-1-3-5-11/h1-7,9H,8,10H2. The predicted octanol–water partition coefficient (Wildman–Crippen LogP) is 3.30. The molecule has 0 aromatic heterocycles. The third-order valence-electron chi connectivity index (χ3n) is 3.22. The fourth-order valence-corrected chi connectivity index (χ4v) is 2.25. The van der Waals surface area contributed by atoms with E-state index in [1.165, 1.54) is 6.07 Å². The molecule has 0 aliphatic carbocycles. The molecule has 0 spiro atoms. The van der Waals surface area contributed by atoms with Crippen LogP contribution in [0.15, 0.2) is 53.6 Å². The van der Waals surface area contributed by atoms with Crippen LogP contribution in [0.25, 0.3) is 0 Å². The Balaban J connectivity index is 1.85. The van der Waals surface area contributed by atoms with Crippen molar-refractivity contribution in [2.75, 3.05) is 5.01 Å². The van der Waals surface area contributed by atoms with Crippen molar-refractivity contribution in [1.82, 2.24) is 0 Å². The highest BCUT2D eigenvalue weighted by Gasteiger charge is 2.27. The molecule has 0 atom stereocenters. The highest BCUT2D eigenvalue weighted by molar-refractivity contribution is 6.13. The van der Waals surface area contributed by atoms with Crippen molar-refractivity contribution in [3.8, 4) is 0 Å². The van der Waals surface area contributed by atoms with E-state index in [0.717, 1.165) is 22.7 Å². The van der Waals surface area contributed by atoms with Crippen LogP contribution in [0.1, 0.15) is 12.0 Å². The van der Waals surface area contributed by atoms with Gasteiger partial charge in [-0.2, -0.15) is 10.1 Å². The summed E-state index contributed by atoms with van der Waals surface area (Å²) in [4.78, 5) is 12.0. The van der Waals surface area contributed by atoms with Crippen molar-refractivity contribution in [1.29, 1.82) is 0 Å². The summed E-state index contributed by atoms with van der Waals surface area (Å²) in [6, 6.07) is 12.7. The summed E-state index contributed by atoms with van der Waals surface area (Å²) in [6.07, 6.45) is 0.678. The first-order chi connectivity index (χ1) is 10.1. The number of hydrogen-bond acceptors (Lipinski definition) is 2. The molecule has 21 heavy (non-hydrogen) atoms. The number of hydrazone groups is 1. The Kier molecular flexibility index (Phi) is 3.48. The molecule has 1 heterocycles. The number of anilines is 1. The van der Waals surface area contributed by atoms with Gasteiger partial charge in [0, 0.05) is 12.5 Å². The zero-order valence-corrected chi connectivity index (χ0v) is 11.1. The molecule has 3 nitrogen and oxygen atoms in total. The lowest BCUT2D eigenvalue weighted by Gasteiger charge is -2.12. The molecule has 0 saturated heterocycles. The fraction of sp³-hybridized carbons (Fsp3) is 0.125. The summed E-state index contributed by atoms with van der Waals surface area (Å²) in [6.45, 7) is 0. The van der Waals surface area contributed by atoms with Crippen molar-refractivity contribution in [2.24, 2.45) is 5.10 Å². The van der Waals surface area contributed by atoms with Gasteiger partial charge < -0.3 is 0 Å². The molecule has 0 saturated carbocycles. The van der Waals surface area contributed by atoms with Crippen LogP contribution in [-0.4, -0.2) is 11.6 Å². The minimum Gasteiger partial charge on any atom is -0.272 e. The van der Waals surface area contributed by atoms with E-state index >= 15 is 0 Å². The zero-order chi connectivity index (χ0) is 14.8. The van der Waals surface area contributed by atoms with Crippen molar-refractivity contribution >= 4 is 17.3 Å². The van der Waals surface area contributed by atoms with Crippen LogP contribution in [0.4, 0.5) is 14.5 Å². The molecule has 1 aliphatic rings. The molecule has 1 amide bonds. The third kappa shape index (κ3) is 2.81. The van der Waals surface area contributed by atoms with Crippen LogP contribution >= 0.6 is 0 Å². The Morgan fingerprint density at radius 1 is 1.10 bits per heavy atom. The van der Waals surface area contributed by atoms with Gasteiger partial charge in [-0.1, -0.05) is 30.3 Å². The highest BCUT2D eigenvalue weighted by atomic mass is 19.1. The lowest BCUT2D eigenvalue weighted by molar-refractivity contribution is -0.116. The van der Waals surface area contributed by atoms with Gasteiger partial charge in [0.2, 0.25) is 0 Å². The number of rotatable bonds is 3. The van der Waals surface area contributed by atoms with E-state index in [1.54, 1.807) is 0 Å². The fourth-order valence-electron chi connectivity index (χ4n) is 2.25. The Labute approximate surface area is 120 Å². The van der Waals surface area contributed by atoms with Gasteiger partial charge in [0.05, 0.1) is 12.1 Å². The molecule has 0 radical (unpaired) electrons. The normalized spacial score (nSPS) is 14.5. The minimum atomic E-state index is -0.798. The Morgan fingerprint density at radius 2 is 1.86 bits per heavy atom. The first-order valence-corrected chi connectivity index (χ1v) is 6.52. The van der Waals surface area contributed by atoms with Crippen LogP contribution in [0, 0.1) is 11.6 Å². The maximum atomic E-state index is 13.7. The van der Waals surface area contributed by atoms with E-state index in [0.29, 0.717) is 12.1 Å². The average molecular weight is 286 g/mol. The second-order valence-corrected chi connectivity index (χ2v) is 4.81. The van der Waals surface area contributed by atoms with Gasteiger partial charge in [-0.15, -0.1) is 0 Å². The molecule has 0 bridgehead atoms. The molecule has 106 valence electrons. The molecule has 2 aromatic carbocycles. The van der Waals surface area contributed by atoms with Gasteiger partial charge >= 0.3 is 0 Å². The number of carbonyl (C=O) groups is 1. The quantitative estimate of drug-likeness (QED) is 0.852. The van der Waals surface area contributed by atoms with E-state index in [-0.39, 0.29) is 18.0 Å². The van der Waals surface area contributed by atoms with Gasteiger partial charge in [-0.05, 0) is 17.7 Å². The Morgan fingerprint density at radius 3 is 2.57 bits per heavy atom. The van der Waals surface area contributed by atoms with Crippen molar-refractivity contribution < 1.29 is 13.6 Å². The van der Waals surface area contributed by atoms with Crippen LogP contribution in [-0.2, 0) is 11.2 Å². The Hall–Kier alpha value is -2.56. The maximum Gasteiger partial charge on any atom is 0.253 e. The van der Waals surface area contributed by atoms with E-state index in [9.17, 15) is 13.6 Å². The van der Waals surface area contributed by atoms with Crippen LogP contribution in [0.3, 0.4) is 0 Å². The summed E-state index contributed by atoms with van der Waals surface area (Å²) in [5, 5.41) is 5.17. The van der Waals surface area contributed by atoms with E-state index in [2.05, 4.69) is 5.10 Å². The molecule has 2 aromatic rings. The SMILES string of the molecule is O=C1CC(Cc2ccccc2)=NN1c1ccc(F)cc1F. The molecule has 3 rings (SSSR count). The number of halogens is 2. The minimum absolute atomic E-state index is 0.0236. The lowest BCUT2D eigenvalue weighted by atomic mass is 10.1. The van der Waals surface area contributed by atoms with Crippen LogP contribution < -0.4 is 5.01 Å². The van der Waals surface area contributed by atoms with Gasteiger partial charge in [0.15, 0.2) is 5.82 Å². The highest BCUT2D eigenvalue weighted by Crippen LogP contribution is 2.25. The van der Waals surface area contributed by atoms with Crippen LogP contribution in [0.2, 0.25) is 0 Å². The second-order valence-electron chi connectivity index (χ2n) is 4.81. The maximum absolute atomic E-state index is 13.7. The molecule has 0 unspecified atom stereocenters. The monoisotopic (exact) mass is 286 g/mol. The molecular formula is C16H12F2N2O. The smallest absolute Gasteiger partial charge is 0.253 e. The zero-order valence-electron chi connectivity index (χ0n) is 11.1. The van der Waals surface area contributed by atoms with E-state index < -0.39 is 11.6 Å². The molecular weight excluding hydrogens is 274 g/mol. The Bertz CT molecular complexity index is 713. The topological polar surface area (TPSA) is 32.7 Å². The first kappa shape index (κ1) is 13.4. The molecule has 5 heteroatoms. The number of hydrogen-bond donors (Lipinski definition) is 0. The van der Waals surface area contributed by atoms with Gasteiger partial charge in [0.25, 0.3) is 5.91 Å². The summed E-state index contributed by atoms with van der Waals surface area (Å²) < 4.78 is 26.6. The average Bonchev–Trinajstić information content (AvgIpc) is 2.80. The second kappa shape index (κ2) is 5.44. The molecule has 0 fully saturated rings. The molecule has 0 N–H and O–H groups in total. The predicted molar refractivity (Wildman–Crippen MR) is 76.0 cm³/mol. The number of nitrogens with zero attached hydrogens (tertiary/aromatic N) is 2. The summed E-state index contributed by atoms with van der Waals surface area (Å²) >= 11 is 0.